The summed E-state index contributed by atoms with van der Waals surface area (Å²) in [5.74, 6) is 2.40. The van der Waals surface area contributed by atoms with Crippen LogP contribution < -0.4 is 16.4 Å². The van der Waals surface area contributed by atoms with Gasteiger partial charge < -0.3 is 40.1 Å². The molecule has 0 radical (unpaired) electrons. The van der Waals surface area contributed by atoms with Gasteiger partial charge in [-0.2, -0.15) is 0 Å². The van der Waals surface area contributed by atoms with Crippen LogP contribution in [0, 0.1) is 12.0 Å². The molecule has 0 bridgehead atoms. The maximum absolute atomic E-state index is 11.4. The molecule has 29 heavy (non-hydrogen) atoms. The molecule has 0 heterocycles. The fourth-order valence-electron chi connectivity index (χ4n) is 1.75. The van der Waals surface area contributed by atoms with Gasteiger partial charge in [0.25, 0.3) is 0 Å². The van der Waals surface area contributed by atoms with E-state index in [-0.39, 0.29) is 18.9 Å². The monoisotopic (exact) mass is 417 g/mol. The first kappa shape index (κ1) is 26.9. The summed E-state index contributed by atoms with van der Waals surface area (Å²) in [7, 11) is 0. The van der Waals surface area contributed by atoms with Gasteiger partial charge in [-0.05, 0) is 20.8 Å². The number of nitrogens with two attached hydrogens (primary N) is 1. The molecule has 0 spiro atoms. The van der Waals surface area contributed by atoms with Crippen LogP contribution >= 0.6 is 0 Å². The lowest BCUT2D eigenvalue weighted by molar-refractivity contribution is -0.122. The van der Waals surface area contributed by atoms with Crippen molar-refractivity contribution in [2.45, 2.75) is 32.8 Å². The minimum atomic E-state index is -0.510. The average Bonchev–Trinajstić information content (AvgIpc) is 2.63. The van der Waals surface area contributed by atoms with E-state index in [1.807, 2.05) is 0 Å². The molecule has 168 valence electrons. The third kappa shape index (κ3) is 22.1. The summed E-state index contributed by atoms with van der Waals surface area (Å²) >= 11 is 0. The van der Waals surface area contributed by atoms with E-state index in [4.69, 9.17) is 29.4 Å². The third-order valence-corrected chi connectivity index (χ3v) is 2.98. The Morgan fingerprint density at radius 2 is 1.34 bits per heavy atom. The van der Waals surface area contributed by atoms with Crippen LogP contribution in [0.4, 0.5) is 4.79 Å². The lowest BCUT2D eigenvalue weighted by Gasteiger charge is -2.19. The second kappa shape index (κ2) is 18.0. The minimum Gasteiger partial charge on any atom is -0.444 e. The average molecular weight is 418 g/mol. The Hall–Kier alpha value is -2.06. The molecule has 10 heteroatoms. The first-order chi connectivity index (χ1) is 13.8. The SMILES string of the molecule is CC(C)(C)OC(=O)NCCOCCOCCOCCOCCC(=O)NCC#CN. The van der Waals surface area contributed by atoms with Crippen LogP contribution in [0.1, 0.15) is 27.2 Å². The number of nitrogens with one attached hydrogen (secondary N) is 2. The molecule has 0 atom stereocenters. The van der Waals surface area contributed by atoms with E-state index in [0.717, 1.165) is 0 Å². The maximum Gasteiger partial charge on any atom is 0.407 e. The molecule has 0 saturated heterocycles. The van der Waals surface area contributed by atoms with Crippen LogP contribution in [-0.4, -0.2) is 83.5 Å². The zero-order valence-electron chi connectivity index (χ0n) is 17.7. The molecule has 10 nitrogen and oxygen atoms in total. The van der Waals surface area contributed by atoms with Gasteiger partial charge in [0.1, 0.15) is 5.60 Å². The van der Waals surface area contributed by atoms with Crippen molar-refractivity contribution in [1.82, 2.24) is 10.6 Å². The highest BCUT2D eigenvalue weighted by Crippen LogP contribution is 2.05. The Kier molecular flexibility index (Phi) is 16.7. The number of carbonyl (C=O) groups is 2. The number of alkyl carbamates (subject to hydrolysis) is 1. The molecule has 0 rings (SSSR count). The maximum atomic E-state index is 11.4. The van der Waals surface area contributed by atoms with Gasteiger partial charge in [-0.25, -0.2) is 4.79 Å². The first-order valence-corrected chi connectivity index (χ1v) is 9.58. The summed E-state index contributed by atoms with van der Waals surface area (Å²) in [6.07, 6.45) is -0.193. The number of hydrogen-bond acceptors (Lipinski definition) is 8. The topological polar surface area (TPSA) is 130 Å². The Labute approximate surface area is 173 Å². The van der Waals surface area contributed by atoms with Crippen LogP contribution in [0.2, 0.25) is 0 Å². The molecule has 2 amide bonds. The third-order valence-electron chi connectivity index (χ3n) is 2.98. The molecule has 0 unspecified atom stereocenters. The zero-order valence-corrected chi connectivity index (χ0v) is 17.7. The van der Waals surface area contributed by atoms with Crippen LogP contribution in [0.25, 0.3) is 0 Å². The van der Waals surface area contributed by atoms with Crippen molar-refractivity contribution in [3.05, 3.63) is 0 Å². The molecular weight excluding hydrogens is 382 g/mol. The van der Waals surface area contributed by atoms with Crippen LogP contribution in [0.15, 0.2) is 0 Å². The second-order valence-electron chi connectivity index (χ2n) is 6.73. The minimum absolute atomic E-state index is 0.134. The molecule has 0 aliphatic heterocycles. The molecule has 0 aromatic carbocycles. The molecule has 0 aliphatic carbocycles. The first-order valence-electron chi connectivity index (χ1n) is 9.58. The summed E-state index contributed by atoms with van der Waals surface area (Å²) < 4.78 is 26.4. The summed E-state index contributed by atoms with van der Waals surface area (Å²) in [6, 6.07) is 2.21. The van der Waals surface area contributed by atoms with Gasteiger partial charge in [-0.15, -0.1) is 0 Å². The van der Waals surface area contributed by atoms with Crippen molar-refractivity contribution in [3.8, 4) is 12.0 Å². The quantitative estimate of drug-likeness (QED) is 0.182. The predicted octanol–water partition coefficient (Wildman–Crippen LogP) is 0.00340. The largest absolute Gasteiger partial charge is 0.444 e. The normalized spacial score (nSPS) is 10.7. The van der Waals surface area contributed by atoms with Crippen LogP contribution in [0.5, 0.6) is 0 Å². The van der Waals surface area contributed by atoms with E-state index in [1.165, 1.54) is 0 Å². The Morgan fingerprint density at radius 1 is 0.828 bits per heavy atom. The van der Waals surface area contributed by atoms with Gasteiger partial charge in [-0.1, -0.05) is 5.92 Å². The highest BCUT2D eigenvalue weighted by Gasteiger charge is 2.15. The van der Waals surface area contributed by atoms with E-state index >= 15 is 0 Å². The molecule has 4 N–H and O–H groups in total. The number of ether oxygens (including phenoxy) is 5. The highest BCUT2D eigenvalue weighted by atomic mass is 16.6. The molecular formula is C19H35N3O7. The van der Waals surface area contributed by atoms with Gasteiger partial charge in [0.15, 0.2) is 0 Å². The summed E-state index contributed by atoms with van der Waals surface area (Å²) in [5, 5.41) is 5.19. The number of hydrogen-bond donors (Lipinski definition) is 3. The number of amides is 2. The number of rotatable bonds is 16. The van der Waals surface area contributed by atoms with Crippen molar-refractivity contribution in [2.75, 3.05) is 65.9 Å². The fourth-order valence-corrected chi connectivity index (χ4v) is 1.75. The van der Waals surface area contributed by atoms with E-state index in [1.54, 1.807) is 20.8 Å². The van der Waals surface area contributed by atoms with Gasteiger partial charge in [0.2, 0.25) is 5.91 Å². The molecule has 0 saturated carbocycles. The fraction of sp³-hybridized carbons (Fsp3) is 0.789. The van der Waals surface area contributed by atoms with Crippen molar-refractivity contribution in [1.29, 1.82) is 0 Å². The van der Waals surface area contributed by atoms with Crippen molar-refractivity contribution >= 4 is 12.0 Å². The van der Waals surface area contributed by atoms with Crippen LogP contribution in [0.3, 0.4) is 0 Å². The Morgan fingerprint density at radius 3 is 1.86 bits per heavy atom. The van der Waals surface area contributed by atoms with E-state index in [0.29, 0.717) is 59.4 Å². The van der Waals surface area contributed by atoms with Gasteiger partial charge >= 0.3 is 6.09 Å². The van der Waals surface area contributed by atoms with E-state index < -0.39 is 11.7 Å². The zero-order chi connectivity index (χ0) is 21.8. The lowest BCUT2D eigenvalue weighted by Crippen LogP contribution is -2.34. The van der Waals surface area contributed by atoms with Crippen molar-refractivity contribution < 1.29 is 33.3 Å². The standard InChI is InChI=1S/C19H35N3O7/c1-19(2,3)29-18(24)22-8-10-26-12-14-28-16-15-27-13-11-25-9-5-17(23)21-7-4-6-20/h5,7-16,20H2,1-3H3,(H,21,23)(H,22,24). The van der Waals surface area contributed by atoms with Crippen molar-refractivity contribution in [3.63, 3.8) is 0 Å². The molecule has 0 aromatic rings. The van der Waals surface area contributed by atoms with Crippen LogP contribution in [-0.2, 0) is 28.5 Å². The summed E-state index contributed by atoms with van der Waals surface area (Å²) in [6.45, 7) is 9.34. The second-order valence-corrected chi connectivity index (χ2v) is 6.73. The van der Waals surface area contributed by atoms with Crippen molar-refractivity contribution in [2.24, 2.45) is 5.73 Å². The Bertz CT molecular complexity index is 498. The predicted molar refractivity (Wildman–Crippen MR) is 107 cm³/mol. The smallest absolute Gasteiger partial charge is 0.407 e. The van der Waals surface area contributed by atoms with Gasteiger partial charge in [0, 0.05) is 19.0 Å². The summed E-state index contributed by atoms with van der Waals surface area (Å²) in [4.78, 5) is 22.7. The molecule has 0 aliphatic rings. The Balaban J connectivity index is 3.23. The van der Waals surface area contributed by atoms with E-state index in [9.17, 15) is 9.59 Å². The van der Waals surface area contributed by atoms with Gasteiger partial charge in [-0.3, -0.25) is 4.79 Å². The highest BCUT2D eigenvalue weighted by molar-refractivity contribution is 5.76. The number of carbonyl (C=O) groups excluding carboxylic acids is 2. The lowest BCUT2D eigenvalue weighted by atomic mass is 10.2. The molecule has 0 fully saturated rings. The van der Waals surface area contributed by atoms with Gasteiger partial charge in [0.05, 0.1) is 59.4 Å². The van der Waals surface area contributed by atoms with E-state index in [2.05, 4.69) is 22.6 Å². The molecule has 0 aromatic heterocycles. The summed E-state index contributed by atoms with van der Waals surface area (Å²) in [5.41, 5.74) is 4.48.